The van der Waals surface area contributed by atoms with E-state index in [1.54, 1.807) is 23.3 Å². The van der Waals surface area contributed by atoms with Crippen molar-refractivity contribution in [2.45, 2.75) is 38.8 Å². The fourth-order valence-corrected chi connectivity index (χ4v) is 3.60. The Bertz CT molecular complexity index is 608. The molecule has 0 spiro atoms. The van der Waals surface area contributed by atoms with Gasteiger partial charge in [0, 0.05) is 19.7 Å². The molecule has 0 aromatic carbocycles. The molecule has 8 heteroatoms. The van der Waals surface area contributed by atoms with Crippen LogP contribution in [0.25, 0.3) is 0 Å². The van der Waals surface area contributed by atoms with E-state index < -0.39 is 10.0 Å². The number of nitrogens with zero attached hydrogens (tertiary/aromatic N) is 2. The zero-order valence-electron chi connectivity index (χ0n) is 14.3. The Balaban J connectivity index is 2.07. The van der Waals surface area contributed by atoms with E-state index in [-0.39, 0.29) is 18.6 Å². The van der Waals surface area contributed by atoms with Crippen LogP contribution >= 0.6 is 0 Å². The van der Waals surface area contributed by atoms with Gasteiger partial charge in [-0.15, -0.1) is 0 Å². The van der Waals surface area contributed by atoms with E-state index in [4.69, 9.17) is 9.15 Å². The SMILES string of the molecule is CCCN(CC(=O)N(Cc1ccco1)C[C@H]1CCCO1)S(C)(=O)=O. The van der Waals surface area contributed by atoms with Gasteiger partial charge in [0.05, 0.1) is 31.7 Å². The number of carbonyl (C=O) groups excluding carboxylic acids is 1. The normalized spacial score (nSPS) is 18.2. The third-order valence-electron chi connectivity index (χ3n) is 3.98. The second-order valence-corrected chi connectivity index (χ2v) is 8.07. The number of furan rings is 1. The molecule has 1 amide bonds. The van der Waals surface area contributed by atoms with E-state index in [1.165, 1.54) is 4.31 Å². The molecule has 24 heavy (non-hydrogen) atoms. The maximum absolute atomic E-state index is 12.7. The van der Waals surface area contributed by atoms with E-state index in [0.29, 0.717) is 38.4 Å². The van der Waals surface area contributed by atoms with Gasteiger partial charge in [0.2, 0.25) is 15.9 Å². The fraction of sp³-hybridized carbons (Fsp3) is 0.688. The predicted octanol–water partition coefficient (Wildman–Crippen LogP) is 1.46. The van der Waals surface area contributed by atoms with Crippen molar-refractivity contribution in [1.29, 1.82) is 0 Å². The first-order chi connectivity index (χ1) is 11.4. The number of sulfonamides is 1. The quantitative estimate of drug-likeness (QED) is 0.668. The highest BCUT2D eigenvalue weighted by molar-refractivity contribution is 7.88. The molecule has 1 saturated heterocycles. The zero-order valence-corrected chi connectivity index (χ0v) is 15.1. The largest absolute Gasteiger partial charge is 0.467 e. The molecule has 0 radical (unpaired) electrons. The van der Waals surface area contributed by atoms with Crippen LogP contribution in [-0.4, -0.2) is 62.1 Å². The molecule has 0 saturated carbocycles. The van der Waals surface area contributed by atoms with Crippen LogP contribution in [0.5, 0.6) is 0 Å². The topological polar surface area (TPSA) is 80.1 Å². The summed E-state index contributed by atoms with van der Waals surface area (Å²) in [6.07, 6.45) is 5.24. The molecule has 0 bridgehead atoms. The lowest BCUT2D eigenvalue weighted by atomic mass is 10.2. The summed E-state index contributed by atoms with van der Waals surface area (Å²) in [4.78, 5) is 14.3. The van der Waals surface area contributed by atoms with E-state index in [2.05, 4.69) is 0 Å². The summed E-state index contributed by atoms with van der Waals surface area (Å²) in [5.41, 5.74) is 0. The molecular formula is C16H26N2O5S. The molecule has 7 nitrogen and oxygen atoms in total. The van der Waals surface area contributed by atoms with Crippen molar-refractivity contribution in [3.63, 3.8) is 0 Å². The Morgan fingerprint density at radius 3 is 2.75 bits per heavy atom. The Morgan fingerprint density at radius 1 is 1.42 bits per heavy atom. The summed E-state index contributed by atoms with van der Waals surface area (Å²) in [6.45, 7) is 3.53. The van der Waals surface area contributed by atoms with Gasteiger partial charge in [0.1, 0.15) is 5.76 Å². The number of ether oxygens (including phenoxy) is 1. The minimum Gasteiger partial charge on any atom is -0.467 e. The van der Waals surface area contributed by atoms with Gasteiger partial charge in [0.25, 0.3) is 0 Å². The van der Waals surface area contributed by atoms with Crippen LogP contribution in [0, 0.1) is 0 Å². The molecule has 0 N–H and O–H groups in total. The Kier molecular flexibility index (Phi) is 6.82. The summed E-state index contributed by atoms with van der Waals surface area (Å²) < 4.78 is 35.9. The number of hydrogen-bond donors (Lipinski definition) is 0. The van der Waals surface area contributed by atoms with Gasteiger partial charge in [0.15, 0.2) is 0 Å². The molecule has 1 aliphatic heterocycles. The second-order valence-electron chi connectivity index (χ2n) is 6.09. The van der Waals surface area contributed by atoms with Crippen LogP contribution in [0.1, 0.15) is 31.9 Å². The lowest BCUT2D eigenvalue weighted by Gasteiger charge is -2.27. The molecule has 0 unspecified atom stereocenters. The Morgan fingerprint density at radius 2 is 2.21 bits per heavy atom. The number of hydrogen-bond acceptors (Lipinski definition) is 5. The average Bonchev–Trinajstić information content (AvgIpc) is 3.18. The average molecular weight is 358 g/mol. The second kappa shape index (κ2) is 8.64. The summed E-state index contributed by atoms with van der Waals surface area (Å²) in [7, 11) is -3.41. The molecule has 2 rings (SSSR count). The smallest absolute Gasteiger partial charge is 0.238 e. The zero-order chi connectivity index (χ0) is 17.6. The third kappa shape index (κ3) is 5.61. The molecule has 136 valence electrons. The maximum atomic E-state index is 12.7. The van der Waals surface area contributed by atoms with Gasteiger partial charge in [-0.2, -0.15) is 4.31 Å². The van der Waals surface area contributed by atoms with Crippen molar-refractivity contribution in [3.05, 3.63) is 24.2 Å². The molecule has 1 fully saturated rings. The predicted molar refractivity (Wildman–Crippen MR) is 89.8 cm³/mol. The van der Waals surface area contributed by atoms with E-state index in [1.807, 2.05) is 6.92 Å². The first-order valence-corrected chi connectivity index (χ1v) is 10.1. The monoisotopic (exact) mass is 358 g/mol. The van der Waals surface area contributed by atoms with Crippen LogP contribution in [0.4, 0.5) is 0 Å². The van der Waals surface area contributed by atoms with Gasteiger partial charge < -0.3 is 14.1 Å². The Labute approximate surface area is 143 Å². The van der Waals surface area contributed by atoms with Gasteiger partial charge in [-0.3, -0.25) is 4.79 Å². The molecule has 1 aliphatic rings. The van der Waals surface area contributed by atoms with Crippen molar-refractivity contribution in [3.8, 4) is 0 Å². The maximum Gasteiger partial charge on any atom is 0.238 e. The summed E-state index contributed by atoms with van der Waals surface area (Å²) in [6, 6.07) is 3.57. The number of rotatable bonds is 9. The first-order valence-electron chi connectivity index (χ1n) is 8.27. The van der Waals surface area contributed by atoms with Crippen LogP contribution in [0.2, 0.25) is 0 Å². The number of amides is 1. The van der Waals surface area contributed by atoms with Crippen LogP contribution < -0.4 is 0 Å². The van der Waals surface area contributed by atoms with E-state index in [0.717, 1.165) is 19.1 Å². The van der Waals surface area contributed by atoms with Crippen molar-refractivity contribution < 1.29 is 22.4 Å². The third-order valence-corrected chi connectivity index (χ3v) is 5.23. The van der Waals surface area contributed by atoms with Crippen LogP contribution in [-0.2, 0) is 26.1 Å². The van der Waals surface area contributed by atoms with Gasteiger partial charge in [-0.1, -0.05) is 6.92 Å². The van der Waals surface area contributed by atoms with Crippen LogP contribution in [0.15, 0.2) is 22.8 Å². The highest BCUT2D eigenvalue weighted by atomic mass is 32.2. The van der Waals surface area contributed by atoms with Crippen molar-refractivity contribution in [1.82, 2.24) is 9.21 Å². The minimum absolute atomic E-state index is 0.00164. The molecule has 1 aromatic heterocycles. The van der Waals surface area contributed by atoms with Gasteiger partial charge in [-0.25, -0.2) is 8.42 Å². The summed E-state index contributed by atoms with van der Waals surface area (Å²) in [5.74, 6) is 0.434. The summed E-state index contributed by atoms with van der Waals surface area (Å²) >= 11 is 0. The lowest BCUT2D eigenvalue weighted by molar-refractivity contribution is -0.133. The minimum atomic E-state index is -3.41. The molecule has 0 aliphatic carbocycles. The van der Waals surface area contributed by atoms with Gasteiger partial charge in [-0.05, 0) is 31.4 Å². The molecule has 2 heterocycles. The van der Waals surface area contributed by atoms with Crippen molar-refractivity contribution in [2.75, 3.05) is 32.5 Å². The molecule has 1 aromatic rings. The van der Waals surface area contributed by atoms with Crippen molar-refractivity contribution in [2.24, 2.45) is 0 Å². The van der Waals surface area contributed by atoms with E-state index >= 15 is 0 Å². The Hall–Kier alpha value is -1.38. The standard InChI is InChI=1S/C16H26N2O5S/c1-3-8-18(24(2,20)21)13-16(19)17(11-14-6-4-9-22-14)12-15-7-5-10-23-15/h4,6,9,15H,3,5,7-8,10-13H2,1-2H3/t15-/m1/s1. The molecule has 1 atom stereocenters. The molecular weight excluding hydrogens is 332 g/mol. The highest BCUT2D eigenvalue weighted by Gasteiger charge is 2.27. The number of carbonyl (C=O) groups is 1. The first kappa shape index (κ1) is 19.0. The van der Waals surface area contributed by atoms with Crippen molar-refractivity contribution >= 4 is 15.9 Å². The lowest BCUT2D eigenvalue weighted by Crippen LogP contribution is -2.44. The van der Waals surface area contributed by atoms with E-state index in [9.17, 15) is 13.2 Å². The van der Waals surface area contributed by atoms with Crippen LogP contribution in [0.3, 0.4) is 0 Å². The summed E-state index contributed by atoms with van der Waals surface area (Å²) in [5, 5.41) is 0. The van der Waals surface area contributed by atoms with Gasteiger partial charge >= 0.3 is 0 Å². The highest BCUT2D eigenvalue weighted by Crippen LogP contribution is 2.16. The fourth-order valence-electron chi connectivity index (χ4n) is 2.74.